The molecule has 1 aliphatic heterocycles. The van der Waals surface area contributed by atoms with Gasteiger partial charge in [0.05, 0.1) is 6.04 Å². The number of likely N-dealkylation sites (N-methyl/N-ethyl adjacent to an activating group) is 1. The van der Waals surface area contributed by atoms with E-state index in [0.717, 1.165) is 11.1 Å². The average Bonchev–Trinajstić information content (AvgIpc) is 3.11. The topological polar surface area (TPSA) is 98.7 Å². The molecule has 0 spiro atoms. The summed E-state index contributed by atoms with van der Waals surface area (Å²) in [6.07, 6.45) is 1.60. The van der Waals surface area contributed by atoms with Crippen LogP contribution in [0.5, 0.6) is 0 Å². The third-order valence-electron chi connectivity index (χ3n) is 5.76. The average molecular weight is 430 g/mol. The molecule has 1 aliphatic rings. The molecular weight excluding hydrogens is 394 g/mol. The number of amides is 2. The Kier molecular flexibility index (Phi) is 7.65. The van der Waals surface area contributed by atoms with Crippen molar-refractivity contribution in [1.82, 2.24) is 15.5 Å². The summed E-state index contributed by atoms with van der Waals surface area (Å²) in [5.41, 5.74) is 1.65. The SMILES string of the molecule is C/C(=C\[C@H](C(C)C)N(C)C(=O)[C@@H](NC(=O)C1NCc2ccccc21)C(C)(C)C)C(=O)O. The Hall–Kier alpha value is -2.67. The molecule has 7 nitrogen and oxygen atoms in total. The van der Waals surface area contributed by atoms with E-state index in [4.69, 9.17) is 0 Å². The van der Waals surface area contributed by atoms with Gasteiger partial charge < -0.3 is 15.3 Å². The van der Waals surface area contributed by atoms with Crippen molar-refractivity contribution in [1.29, 1.82) is 0 Å². The molecular formula is C24H35N3O4. The maximum atomic E-state index is 13.5. The smallest absolute Gasteiger partial charge is 0.331 e. The van der Waals surface area contributed by atoms with E-state index in [0.29, 0.717) is 6.54 Å². The largest absolute Gasteiger partial charge is 0.478 e. The number of carboxylic acids is 1. The van der Waals surface area contributed by atoms with Crippen LogP contribution in [0.25, 0.3) is 0 Å². The number of aliphatic carboxylic acids is 1. The maximum absolute atomic E-state index is 13.5. The van der Waals surface area contributed by atoms with Crippen LogP contribution in [0.3, 0.4) is 0 Å². The number of hydrogen-bond acceptors (Lipinski definition) is 4. The standard InChI is InChI=1S/C24H35N3O4/c1-14(2)18(12-15(3)23(30)31)27(7)22(29)20(24(4,5)6)26-21(28)19-17-11-9-8-10-16(17)13-25-19/h8-12,14,18-20,25H,13H2,1-7H3,(H,26,28)(H,30,31)/b15-12+/t18-,19?,20-/m1/s1. The van der Waals surface area contributed by atoms with Crippen LogP contribution in [0.1, 0.15) is 58.7 Å². The lowest BCUT2D eigenvalue weighted by atomic mass is 9.84. The van der Waals surface area contributed by atoms with Gasteiger partial charge in [-0.2, -0.15) is 0 Å². The van der Waals surface area contributed by atoms with Crippen LogP contribution in [0, 0.1) is 11.3 Å². The van der Waals surface area contributed by atoms with Crippen LogP contribution in [-0.2, 0) is 20.9 Å². The molecule has 0 saturated carbocycles. The van der Waals surface area contributed by atoms with Gasteiger partial charge in [-0.1, -0.05) is 65.0 Å². The van der Waals surface area contributed by atoms with Crippen LogP contribution >= 0.6 is 0 Å². The van der Waals surface area contributed by atoms with Gasteiger partial charge in [0, 0.05) is 19.2 Å². The summed E-state index contributed by atoms with van der Waals surface area (Å²) in [5, 5.41) is 15.4. The molecule has 2 rings (SSSR count). The molecule has 31 heavy (non-hydrogen) atoms. The Morgan fingerprint density at radius 1 is 1.23 bits per heavy atom. The molecule has 3 N–H and O–H groups in total. The Bertz CT molecular complexity index is 870. The molecule has 0 radical (unpaired) electrons. The fourth-order valence-electron chi connectivity index (χ4n) is 3.84. The number of nitrogens with zero attached hydrogens (tertiary/aromatic N) is 1. The van der Waals surface area contributed by atoms with Gasteiger partial charge in [-0.3, -0.25) is 14.9 Å². The van der Waals surface area contributed by atoms with Crippen LogP contribution in [0.15, 0.2) is 35.9 Å². The van der Waals surface area contributed by atoms with Gasteiger partial charge in [-0.25, -0.2) is 4.79 Å². The molecule has 0 bridgehead atoms. The predicted molar refractivity (Wildman–Crippen MR) is 120 cm³/mol. The summed E-state index contributed by atoms with van der Waals surface area (Å²) >= 11 is 0. The molecule has 1 unspecified atom stereocenters. The quantitative estimate of drug-likeness (QED) is 0.579. The number of carboxylic acid groups (broad SMARTS) is 1. The molecule has 3 atom stereocenters. The number of hydrogen-bond donors (Lipinski definition) is 3. The number of rotatable bonds is 7. The van der Waals surface area contributed by atoms with Gasteiger partial charge >= 0.3 is 5.97 Å². The van der Waals surface area contributed by atoms with E-state index in [1.807, 2.05) is 58.9 Å². The lowest BCUT2D eigenvalue weighted by Crippen LogP contribution is -2.57. The van der Waals surface area contributed by atoms with E-state index in [2.05, 4.69) is 10.6 Å². The molecule has 0 aromatic heterocycles. The third-order valence-corrected chi connectivity index (χ3v) is 5.76. The molecule has 0 fully saturated rings. The zero-order valence-corrected chi connectivity index (χ0v) is 19.5. The van der Waals surface area contributed by atoms with Crippen LogP contribution in [0.2, 0.25) is 0 Å². The normalized spacial score (nSPS) is 18.3. The summed E-state index contributed by atoms with van der Waals surface area (Å²) < 4.78 is 0. The molecule has 2 amide bonds. The lowest BCUT2D eigenvalue weighted by molar-refractivity contribution is -0.140. The number of fused-ring (bicyclic) bond motifs is 1. The number of benzene rings is 1. The first kappa shape index (κ1) is 24.6. The van der Waals surface area contributed by atoms with Gasteiger partial charge in [0.15, 0.2) is 0 Å². The zero-order chi connectivity index (χ0) is 23.5. The van der Waals surface area contributed by atoms with Crippen molar-refractivity contribution < 1.29 is 19.5 Å². The van der Waals surface area contributed by atoms with Crippen molar-refractivity contribution >= 4 is 17.8 Å². The molecule has 1 heterocycles. The Morgan fingerprint density at radius 3 is 2.39 bits per heavy atom. The van der Waals surface area contributed by atoms with E-state index in [1.54, 1.807) is 18.0 Å². The summed E-state index contributed by atoms with van der Waals surface area (Å²) in [4.78, 5) is 39.5. The first-order valence-corrected chi connectivity index (χ1v) is 10.6. The molecule has 0 aliphatic carbocycles. The minimum Gasteiger partial charge on any atom is -0.478 e. The van der Waals surface area contributed by atoms with Gasteiger partial charge in [-0.15, -0.1) is 0 Å². The van der Waals surface area contributed by atoms with Crippen LogP contribution < -0.4 is 10.6 Å². The number of nitrogens with one attached hydrogen (secondary N) is 2. The summed E-state index contributed by atoms with van der Waals surface area (Å²) in [6, 6.07) is 6.07. The second-order valence-corrected chi connectivity index (χ2v) is 9.66. The fraction of sp³-hybridized carbons (Fsp3) is 0.542. The van der Waals surface area contributed by atoms with Crippen molar-refractivity contribution in [2.24, 2.45) is 11.3 Å². The monoisotopic (exact) mass is 429 g/mol. The molecule has 1 aromatic carbocycles. The number of carbonyl (C=O) groups is 3. The lowest BCUT2D eigenvalue weighted by Gasteiger charge is -2.37. The predicted octanol–water partition coefficient (Wildman–Crippen LogP) is 2.88. The van der Waals surface area contributed by atoms with E-state index in [-0.39, 0.29) is 23.3 Å². The van der Waals surface area contributed by atoms with E-state index in [1.165, 1.54) is 6.92 Å². The second-order valence-electron chi connectivity index (χ2n) is 9.66. The van der Waals surface area contributed by atoms with Crippen molar-refractivity contribution in [3.63, 3.8) is 0 Å². The summed E-state index contributed by atoms with van der Waals surface area (Å²) in [6.45, 7) is 11.7. The fourth-order valence-corrected chi connectivity index (χ4v) is 3.84. The van der Waals surface area contributed by atoms with Crippen LogP contribution in [-0.4, -0.2) is 46.9 Å². The Balaban J connectivity index is 2.27. The second kappa shape index (κ2) is 9.64. The highest BCUT2D eigenvalue weighted by molar-refractivity contribution is 5.92. The molecule has 1 aromatic rings. The van der Waals surface area contributed by atoms with E-state index < -0.39 is 29.5 Å². The minimum atomic E-state index is -1.02. The van der Waals surface area contributed by atoms with Crippen molar-refractivity contribution in [3.05, 3.63) is 47.0 Å². The maximum Gasteiger partial charge on any atom is 0.331 e. The Labute approximate surface area is 184 Å². The highest BCUT2D eigenvalue weighted by Crippen LogP contribution is 2.28. The van der Waals surface area contributed by atoms with E-state index in [9.17, 15) is 19.5 Å². The van der Waals surface area contributed by atoms with Gasteiger partial charge in [0.25, 0.3) is 0 Å². The Morgan fingerprint density at radius 2 is 1.84 bits per heavy atom. The molecule has 170 valence electrons. The van der Waals surface area contributed by atoms with Gasteiger partial charge in [0.1, 0.15) is 12.1 Å². The van der Waals surface area contributed by atoms with Crippen LogP contribution in [0.4, 0.5) is 0 Å². The minimum absolute atomic E-state index is 0.00273. The van der Waals surface area contributed by atoms with Crippen molar-refractivity contribution in [2.75, 3.05) is 7.05 Å². The van der Waals surface area contributed by atoms with Gasteiger partial charge in [-0.05, 0) is 29.4 Å². The summed E-state index contributed by atoms with van der Waals surface area (Å²) in [7, 11) is 1.66. The molecule has 0 saturated heterocycles. The molecule has 7 heteroatoms. The van der Waals surface area contributed by atoms with Crippen molar-refractivity contribution in [3.8, 4) is 0 Å². The highest BCUT2D eigenvalue weighted by Gasteiger charge is 2.39. The van der Waals surface area contributed by atoms with E-state index >= 15 is 0 Å². The highest BCUT2D eigenvalue weighted by atomic mass is 16.4. The number of carbonyl (C=O) groups excluding carboxylic acids is 2. The zero-order valence-electron chi connectivity index (χ0n) is 19.5. The van der Waals surface area contributed by atoms with Crippen molar-refractivity contribution in [2.45, 2.75) is 66.2 Å². The first-order chi connectivity index (χ1) is 14.3. The summed E-state index contributed by atoms with van der Waals surface area (Å²) in [5.74, 6) is -1.51. The van der Waals surface area contributed by atoms with Gasteiger partial charge in [0.2, 0.25) is 11.8 Å². The third kappa shape index (κ3) is 5.73. The first-order valence-electron chi connectivity index (χ1n) is 10.6.